The van der Waals surface area contributed by atoms with Crippen LogP contribution < -0.4 is 0 Å². The Kier molecular flexibility index (Phi) is 3.42. The van der Waals surface area contributed by atoms with Gasteiger partial charge in [0.2, 0.25) is 0 Å². The van der Waals surface area contributed by atoms with Gasteiger partial charge in [-0.15, -0.1) is 0 Å². The zero-order chi connectivity index (χ0) is 15.9. The lowest BCUT2D eigenvalue weighted by Gasteiger charge is -1.98. The first kappa shape index (κ1) is 14.3. The van der Waals surface area contributed by atoms with E-state index in [1.54, 1.807) is 6.07 Å². The Morgan fingerprint density at radius 3 is 2.45 bits per heavy atom. The van der Waals surface area contributed by atoms with Gasteiger partial charge < -0.3 is 10.1 Å². The highest BCUT2D eigenvalue weighted by molar-refractivity contribution is 9.10. The van der Waals surface area contributed by atoms with Gasteiger partial charge in [-0.3, -0.25) is 10.1 Å². The maximum Gasteiger partial charge on any atom is 0.335 e. The van der Waals surface area contributed by atoms with E-state index < -0.39 is 10.9 Å². The average molecular weight is 361 g/mol. The predicted octanol–water partition coefficient (Wildman–Crippen LogP) is 4.20. The molecule has 0 aliphatic carbocycles. The molecule has 0 bridgehead atoms. The van der Waals surface area contributed by atoms with Gasteiger partial charge in [0.1, 0.15) is 5.52 Å². The van der Waals surface area contributed by atoms with Crippen LogP contribution in [0.4, 0.5) is 5.69 Å². The molecule has 0 amide bonds. The standard InChI is InChI=1S/C15H9BrN2O4/c16-11-3-1-8(2-4-11)12-6-9-5-10(15(19)20)7-13(18(21)22)14(9)17-12/h1-7,17H,(H,19,20). The van der Waals surface area contributed by atoms with E-state index in [2.05, 4.69) is 20.9 Å². The molecule has 0 saturated heterocycles. The smallest absolute Gasteiger partial charge is 0.335 e. The molecule has 3 aromatic rings. The number of nitro groups is 1. The zero-order valence-corrected chi connectivity index (χ0v) is 12.6. The van der Waals surface area contributed by atoms with Crippen LogP contribution >= 0.6 is 15.9 Å². The van der Waals surface area contributed by atoms with Crippen molar-refractivity contribution < 1.29 is 14.8 Å². The number of hydrogen-bond donors (Lipinski definition) is 2. The summed E-state index contributed by atoms with van der Waals surface area (Å²) in [6.45, 7) is 0. The highest BCUT2D eigenvalue weighted by Crippen LogP contribution is 2.31. The van der Waals surface area contributed by atoms with Crippen molar-refractivity contribution >= 4 is 38.5 Å². The largest absolute Gasteiger partial charge is 0.478 e. The van der Waals surface area contributed by atoms with Crippen LogP contribution in [0.2, 0.25) is 0 Å². The SMILES string of the molecule is O=C(O)c1cc([N+](=O)[O-])c2[nH]c(-c3ccc(Br)cc3)cc2c1. The van der Waals surface area contributed by atoms with E-state index in [-0.39, 0.29) is 11.3 Å². The van der Waals surface area contributed by atoms with Crippen molar-refractivity contribution in [2.45, 2.75) is 0 Å². The molecular weight excluding hydrogens is 352 g/mol. The number of aromatic amines is 1. The molecule has 22 heavy (non-hydrogen) atoms. The number of H-pyrrole nitrogens is 1. The number of aromatic nitrogens is 1. The Labute approximate surface area is 132 Å². The van der Waals surface area contributed by atoms with E-state index >= 15 is 0 Å². The third-order valence-corrected chi connectivity index (χ3v) is 3.84. The molecular formula is C15H9BrN2O4. The molecule has 0 unspecified atom stereocenters. The van der Waals surface area contributed by atoms with Gasteiger partial charge in [-0.2, -0.15) is 0 Å². The quantitative estimate of drug-likeness (QED) is 0.540. The topological polar surface area (TPSA) is 96.2 Å². The summed E-state index contributed by atoms with van der Waals surface area (Å²) in [5.74, 6) is -1.20. The molecule has 0 aliphatic heterocycles. The molecule has 1 aromatic heterocycles. The molecule has 0 saturated carbocycles. The Balaban J connectivity index is 2.24. The average Bonchev–Trinajstić information content (AvgIpc) is 2.90. The lowest BCUT2D eigenvalue weighted by molar-refractivity contribution is -0.383. The molecule has 0 atom stereocenters. The Morgan fingerprint density at radius 2 is 1.86 bits per heavy atom. The third-order valence-electron chi connectivity index (χ3n) is 3.31. The molecule has 110 valence electrons. The fraction of sp³-hybridized carbons (Fsp3) is 0. The molecule has 6 nitrogen and oxygen atoms in total. The zero-order valence-electron chi connectivity index (χ0n) is 11.0. The molecule has 2 N–H and O–H groups in total. The Hall–Kier alpha value is -2.67. The van der Waals surface area contributed by atoms with Gasteiger partial charge in [0, 0.05) is 21.6 Å². The number of benzene rings is 2. The van der Waals surface area contributed by atoms with Crippen molar-refractivity contribution in [2.75, 3.05) is 0 Å². The second kappa shape index (κ2) is 5.27. The number of aromatic carboxylic acids is 1. The molecule has 0 fully saturated rings. The molecule has 0 spiro atoms. The fourth-order valence-electron chi connectivity index (χ4n) is 2.28. The van der Waals surface area contributed by atoms with E-state index in [1.165, 1.54) is 6.07 Å². The first-order valence-corrected chi connectivity index (χ1v) is 7.05. The van der Waals surface area contributed by atoms with Crippen LogP contribution in [-0.2, 0) is 0 Å². The minimum atomic E-state index is -1.20. The van der Waals surface area contributed by atoms with E-state index in [0.29, 0.717) is 16.6 Å². The van der Waals surface area contributed by atoms with Crippen molar-refractivity contribution in [1.82, 2.24) is 4.98 Å². The van der Waals surface area contributed by atoms with Gasteiger partial charge in [-0.25, -0.2) is 4.79 Å². The number of nitro benzene ring substituents is 1. The maximum atomic E-state index is 11.2. The van der Waals surface area contributed by atoms with E-state index in [0.717, 1.165) is 16.1 Å². The van der Waals surface area contributed by atoms with Gasteiger partial charge in [0.05, 0.1) is 10.5 Å². The molecule has 1 heterocycles. The molecule has 0 aliphatic rings. The summed E-state index contributed by atoms with van der Waals surface area (Å²) < 4.78 is 0.923. The van der Waals surface area contributed by atoms with Gasteiger partial charge >= 0.3 is 5.97 Å². The summed E-state index contributed by atoms with van der Waals surface area (Å²) in [6.07, 6.45) is 0. The Morgan fingerprint density at radius 1 is 1.18 bits per heavy atom. The van der Waals surface area contributed by atoms with Crippen molar-refractivity contribution in [3.8, 4) is 11.3 Å². The van der Waals surface area contributed by atoms with Crippen LogP contribution in [0, 0.1) is 10.1 Å². The molecule has 7 heteroatoms. The lowest BCUT2D eigenvalue weighted by atomic mass is 10.1. The first-order valence-electron chi connectivity index (χ1n) is 6.26. The summed E-state index contributed by atoms with van der Waals surface area (Å²) in [6, 6.07) is 11.6. The van der Waals surface area contributed by atoms with Crippen LogP contribution in [0.25, 0.3) is 22.2 Å². The van der Waals surface area contributed by atoms with Crippen molar-refractivity contribution in [3.05, 3.63) is 62.6 Å². The number of non-ortho nitro benzene ring substituents is 1. The van der Waals surface area contributed by atoms with Crippen molar-refractivity contribution in [1.29, 1.82) is 0 Å². The van der Waals surface area contributed by atoms with Gasteiger partial charge in [-0.1, -0.05) is 28.1 Å². The minimum absolute atomic E-state index is 0.111. The monoisotopic (exact) mass is 360 g/mol. The number of halogens is 1. The fourth-order valence-corrected chi connectivity index (χ4v) is 2.54. The lowest BCUT2D eigenvalue weighted by Crippen LogP contribution is -1.98. The molecule has 0 radical (unpaired) electrons. The number of nitrogens with one attached hydrogen (secondary N) is 1. The maximum absolute atomic E-state index is 11.2. The van der Waals surface area contributed by atoms with Gasteiger partial charge in [-0.05, 0) is 29.8 Å². The third kappa shape index (κ3) is 2.46. The number of carbonyl (C=O) groups is 1. The first-order chi connectivity index (χ1) is 10.5. The van der Waals surface area contributed by atoms with Gasteiger partial charge in [0.15, 0.2) is 0 Å². The summed E-state index contributed by atoms with van der Waals surface area (Å²) in [5.41, 5.74) is 1.49. The number of carboxylic acid groups (broad SMARTS) is 1. The number of nitrogens with zero attached hydrogens (tertiary/aromatic N) is 1. The van der Waals surface area contributed by atoms with Crippen molar-refractivity contribution in [2.24, 2.45) is 0 Å². The van der Waals surface area contributed by atoms with E-state index in [1.807, 2.05) is 24.3 Å². The number of hydrogen-bond acceptors (Lipinski definition) is 3. The van der Waals surface area contributed by atoms with Crippen LogP contribution in [0.15, 0.2) is 46.9 Å². The normalized spacial score (nSPS) is 10.8. The summed E-state index contributed by atoms with van der Waals surface area (Å²) >= 11 is 3.34. The van der Waals surface area contributed by atoms with E-state index in [4.69, 9.17) is 5.11 Å². The van der Waals surface area contributed by atoms with Crippen LogP contribution in [-0.4, -0.2) is 21.0 Å². The van der Waals surface area contributed by atoms with Gasteiger partial charge in [0.25, 0.3) is 5.69 Å². The minimum Gasteiger partial charge on any atom is -0.478 e. The highest BCUT2D eigenvalue weighted by Gasteiger charge is 2.19. The second-order valence-corrected chi connectivity index (χ2v) is 5.63. The summed E-state index contributed by atoms with van der Waals surface area (Å²) in [4.78, 5) is 24.7. The predicted molar refractivity (Wildman–Crippen MR) is 85.0 cm³/mol. The van der Waals surface area contributed by atoms with Crippen LogP contribution in [0.5, 0.6) is 0 Å². The molecule has 2 aromatic carbocycles. The summed E-state index contributed by atoms with van der Waals surface area (Å²) in [5, 5.41) is 20.7. The van der Waals surface area contributed by atoms with Crippen molar-refractivity contribution in [3.63, 3.8) is 0 Å². The highest BCUT2D eigenvalue weighted by atomic mass is 79.9. The number of fused-ring (bicyclic) bond motifs is 1. The molecule has 3 rings (SSSR count). The second-order valence-electron chi connectivity index (χ2n) is 4.71. The van der Waals surface area contributed by atoms with Crippen LogP contribution in [0.3, 0.4) is 0 Å². The summed E-state index contributed by atoms with van der Waals surface area (Å²) in [7, 11) is 0. The number of carboxylic acids is 1. The van der Waals surface area contributed by atoms with E-state index in [9.17, 15) is 14.9 Å². The van der Waals surface area contributed by atoms with Crippen LogP contribution in [0.1, 0.15) is 10.4 Å². The number of rotatable bonds is 3. The Bertz CT molecular complexity index is 900.